The molecule has 0 bridgehead atoms. The molecule has 1 aromatic heterocycles. The molecule has 0 atom stereocenters. The van der Waals surface area contributed by atoms with Crippen LogP contribution in [0.1, 0.15) is 5.89 Å². The molecule has 0 radical (unpaired) electrons. The summed E-state index contributed by atoms with van der Waals surface area (Å²) in [6.07, 6.45) is 0. The fourth-order valence-electron chi connectivity index (χ4n) is 1.94. The zero-order chi connectivity index (χ0) is 15.4. The Balaban J connectivity index is 1.72. The van der Waals surface area contributed by atoms with Crippen LogP contribution in [0.25, 0.3) is 11.4 Å². The third-order valence-electron chi connectivity index (χ3n) is 2.97. The molecular formula is C16H13ClN2O3. The molecule has 0 N–H and O–H groups in total. The highest BCUT2D eigenvalue weighted by Gasteiger charge is 2.11. The van der Waals surface area contributed by atoms with Crippen LogP contribution in [0.3, 0.4) is 0 Å². The van der Waals surface area contributed by atoms with Gasteiger partial charge in [-0.25, -0.2) is 0 Å². The molecule has 0 spiro atoms. The Hall–Kier alpha value is -2.53. The second kappa shape index (κ2) is 6.49. The van der Waals surface area contributed by atoms with Gasteiger partial charge in [0.15, 0.2) is 18.1 Å². The van der Waals surface area contributed by atoms with E-state index in [-0.39, 0.29) is 6.61 Å². The predicted molar refractivity (Wildman–Crippen MR) is 82.1 cm³/mol. The summed E-state index contributed by atoms with van der Waals surface area (Å²) in [5, 5.41) is 4.55. The predicted octanol–water partition coefficient (Wildman–Crippen LogP) is 3.98. The maximum Gasteiger partial charge on any atom is 0.264 e. The van der Waals surface area contributed by atoms with Gasteiger partial charge in [0.1, 0.15) is 0 Å². The summed E-state index contributed by atoms with van der Waals surface area (Å²) in [5.41, 5.74) is 0.791. The lowest BCUT2D eigenvalue weighted by Gasteiger charge is -2.07. The smallest absolute Gasteiger partial charge is 0.264 e. The third-order valence-corrected chi connectivity index (χ3v) is 3.21. The van der Waals surface area contributed by atoms with Crippen molar-refractivity contribution < 1.29 is 14.0 Å². The highest BCUT2D eigenvalue weighted by atomic mass is 35.5. The molecule has 2 aromatic carbocycles. The van der Waals surface area contributed by atoms with Crippen molar-refractivity contribution in [3.63, 3.8) is 0 Å². The average molecular weight is 317 g/mol. The van der Waals surface area contributed by atoms with Gasteiger partial charge in [-0.15, -0.1) is 0 Å². The number of halogens is 1. The average Bonchev–Trinajstić information content (AvgIpc) is 3.02. The molecule has 0 fully saturated rings. The van der Waals surface area contributed by atoms with E-state index < -0.39 is 0 Å². The first-order valence-corrected chi connectivity index (χ1v) is 6.98. The molecule has 5 nitrogen and oxygen atoms in total. The molecule has 0 aliphatic rings. The number of ether oxygens (including phenoxy) is 2. The van der Waals surface area contributed by atoms with Crippen molar-refractivity contribution in [1.82, 2.24) is 10.1 Å². The molecule has 3 rings (SSSR count). The second-order valence-corrected chi connectivity index (χ2v) is 4.90. The van der Waals surface area contributed by atoms with Gasteiger partial charge < -0.3 is 14.0 Å². The largest absolute Gasteiger partial charge is 0.493 e. The quantitative estimate of drug-likeness (QED) is 0.712. The molecule has 0 aliphatic carbocycles. The molecule has 0 saturated carbocycles. The molecule has 1 heterocycles. The fourth-order valence-corrected chi connectivity index (χ4v) is 2.13. The van der Waals surface area contributed by atoms with Gasteiger partial charge in [0.05, 0.1) is 7.11 Å². The van der Waals surface area contributed by atoms with Crippen LogP contribution in [-0.2, 0) is 6.61 Å². The summed E-state index contributed by atoms with van der Waals surface area (Å²) in [6, 6.07) is 14.6. The van der Waals surface area contributed by atoms with Crippen LogP contribution in [0.4, 0.5) is 0 Å². The van der Waals surface area contributed by atoms with E-state index in [1.807, 2.05) is 36.4 Å². The summed E-state index contributed by atoms with van der Waals surface area (Å²) < 4.78 is 16.0. The van der Waals surface area contributed by atoms with Gasteiger partial charge in [0.25, 0.3) is 5.89 Å². The summed E-state index contributed by atoms with van der Waals surface area (Å²) in [4.78, 5) is 4.29. The Kier molecular flexibility index (Phi) is 4.25. The zero-order valence-electron chi connectivity index (χ0n) is 11.8. The van der Waals surface area contributed by atoms with Gasteiger partial charge in [-0.2, -0.15) is 4.98 Å². The van der Waals surface area contributed by atoms with E-state index in [2.05, 4.69) is 10.1 Å². The highest BCUT2D eigenvalue weighted by molar-refractivity contribution is 6.30. The van der Waals surface area contributed by atoms with E-state index in [9.17, 15) is 0 Å². The van der Waals surface area contributed by atoms with Crippen molar-refractivity contribution >= 4 is 11.6 Å². The van der Waals surface area contributed by atoms with Crippen LogP contribution in [0.15, 0.2) is 53.1 Å². The number of hydrogen-bond donors (Lipinski definition) is 0. The number of nitrogens with zero attached hydrogens (tertiary/aromatic N) is 2. The van der Waals surface area contributed by atoms with E-state index in [0.717, 1.165) is 5.56 Å². The van der Waals surface area contributed by atoms with Crippen LogP contribution < -0.4 is 9.47 Å². The van der Waals surface area contributed by atoms with Gasteiger partial charge in [-0.1, -0.05) is 41.0 Å². The first-order valence-electron chi connectivity index (χ1n) is 6.60. The Labute approximate surface area is 132 Å². The van der Waals surface area contributed by atoms with E-state index in [1.165, 1.54) is 0 Å². The van der Waals surface area contributed by atoms with E-state index in [0.29, 0.717) is 28.2 Å². The maximum absolute atomic E-state index is 5.95. The van der Waals surface area contributed by atoms with Crippen molar-refractivity contribution in [2.24, 2.45) is 0 Å². The number of para-hydroxylation sites is 2. The maximum atomic E-state index is 5.95. The van der Waals surface area contributed by atoms with Crippen LogP contribution in [0.5, 0.6) is 11.5 Å². The molecule has 0 saturated heterocycles. The SMILES string of the molecule is COc1ccccc1OCc1nc(-c2cccc(Cl)c2)no1. The second-order valence-electron chi connectivity index (χ2n) is 4.46. The molecule has 22 heavy (non-hydrogen) atoms. The van der Waals surface area contributed by atoms with Gasteiger partial charge in [-0.05, 0) is 24.3 Å². The third kappa shape index (κ3) is 3.20. The van der Waals surface area contributed by atoms with Gasteiger partial charge in [0, 0.05) is 10.6 Å². The first kappa shape index (κ1) is 14.4. The number of benzene rings is 2. The zero-order valence-corrected chi connectivity index (χ0v) is 12.6. The minimum Gasteiger partial charge on any atom is -0.493 e. The topological polar surface area (TPSA) is 57.4 Å². The van der Waals surface area contributed by atoms with Crippen LogP contribution in [0.2, 0.25) is 5.02 Å². The Morgan fingerprint density at radius 3 is 2.68 bits per heavy atom. The van der Waals surface area contributed by atoms with Crippen molar-refractivity contribution in [2.75, 3.05) is 7.11 Å². The number of methoxy groups -OCH3 is 1. The fraction of sp³-hybridized carbons (Fsp3) is 0.125. The molecule has 112 valence electrons. The summed E-state index contributed by atoms with van der Waals surface area (Å²) in [5.74, 6) is 2.12. The summed E-state index contributed by atoms with van der Waals surface area (Å²) in [6.45, 7) is 0.161. The molecule has 6 heteroatoms. The highest BCUT2D eigenvalue weighted by Crippen LogP contribution is 2.27. The molecular weight excluding hydrogens is 304 g/mol. The Morgan fingerprint density at radius 1 is 1.09 bits per heavy atom. The van der Waals surface area contributed by atoms with Crippen molar-refractivity contribution in [3.05, 3.63) is 59.4 Å². The normalized spacial score (nSPS) is 10.5. The Morgan fingerprint density at radius 2 is 1.91 bits per heavy atom. The summed E-state index contributed by atoms with van der Waals surface area (Å²) >= 11 is 5.95. The minimum atomic E-state index is 0.161. The Bertz CT molecular complexity index is 773. The molecule has 0 amide bonds. The molecule has 0 aliphatic heterocycles. The minimum absolute atomic E-state index is 0.161. The number of rotatable bonds is 5. The lowest BCUT2D eigenvalue weighted by atomic mass is 10.2. The van der Waals surface area contributed by atoms with Crippen molar-refractivity contribution in [2.45, 2.75) is 6.61 Å². The van der Waals surface area contributed by atoms with Crippen LogP contribution in [-0.4, -0.2) is 17.3 Å². The van der Waals surface area contributed by atoms with Crippen LogP contribution in [0, 0.1) is 0 Å². The van der Waals surface area contributed by atoms with E-state index in [1.54, 1.807) is 19.2 Å². The van der Waals surface area contributed by atoms with E-state index >= 15 is 0 Å². The lowest BCUT2D eigenvalue weighted by molar-refractivity contribution is 0.233. The number of hydrogen-bond acceptors (Lipinski definition) is 5. The van der Waals surface area contributed by atoms with Gasteiger partial charge >= 0.3 is 0 Å². The van der Waals surface area contributed by atoms with E-state index in [4.69, 9.17) is 25.6 Å². The van der Waals surface area contributed by atoms with Crippen molar-refractivity contribution in [1.29, 1.82) is 0 Å². The van der Waals surface area contributed by atoms with Crippen LogP contribution >= 0.6 is 11.6 Å². The standard InChI is InChI=1S/C16H13ClN2O3/c1-20-13-7-2-3-8-14(13)21-10-15-18-16(19-22-15)11-5-4-6-12(17)9-11/h2-9H,10H2,1H3. The molecule has 0 unspecified atom stereocenters. The molecule has 3 aromatic rings. The lowest BCUT2D eigenvalue weighted by Crippen LogP contribution is -1.97. The van der Waals surface area contributed by atoms with Gasteiger partial charge in [-0.3, -0.25) is 0 Å². The van der Waals surface area contributed by atoms with Crippen molar-refractivity contribution in [3.8, 4) is 22.9 Å². The summed E-state index contributed by atoms with van der Waals surface area (Å²) in [7, 11) is 1.59. The monoisotopic (exact) mass is 316 g/mol. The number of aromatic nitrogens is 2. The first-order chi connectivity index (χ1) is 10.8. The van der Waals surface area contributed by atoms with Gasteiger partial charge in [0.2, 0.25) is 5.82 Å².